The van der Waals surface area contributed by atoms with Crippen molar-refractivity contribution in [2.75, 3.05) is 0 Å². The minimum Gasteiger partial charge on any atom is -0.472 e. The molecule has 2 aromatic heterocycles. The number of pyridine rings is 1. The molecule has 0 spiro atoms. The summed E-state index contributed by atoms with van der Waals surface area (Å²) in [6.45, 7) is 0.501. The highest BCUT2D eigenvalue weighted by atomic mass is 79.9. The van der Waals surface area contributed by atoms with E-state index >= 15 is 0 Å². The predicted octanol–water partition coefficient (Wildman–Crippen LogP) is 4.14. The first-order chi connectivity index (χ1) is 7.24. The van der Waals surface area contributed by atoms with Crippen molar-refractivity contribution in [2.45, 2.75) is 6.61 Å². The van der Waals surface area contributed by atoms with Gasteiger partial charge in [-0.1, -0.05) is 27.5 Å². The molecule has 15 heavy (non-hydrogen) atoms. The molecule has 0 bridgehead atoms. The largest absolute Gasteiger partial charge is 0.472 e. The maximum absolute atomic E-state index is 5.81. The summed E-state index contributed by atoms with van der Waals surface area (Å²) in [5.41, 5.74) is 0. The molecule has 0 saturated heterocycles. The van der Waals surface area contributed by atoms with Crippen LogP contribution in [0, 0.1) is 0 Å². The molecular formula is C10H7BrClNOS. The molecule has 0 saturated carbocycles. The fraction of sp³-hybridized carbons (Fsp3) is 0.100. The van der Waals surface area contributed by atoms with Gasteiger partial charge in [0.25, 0.3) is 0 Å². The highest BCUT2D eigenvalue weighted by molar-refractivity contribution is 9.10. The SMILES string of the molecule is Clc1ccc(COc2cc(Br)ccn2)s1. The Labute approximate surface area is 105 Å². The first kappa shape index (κ1) is 10.9. The highest BCUT2D eigenvalue weighted by Gasteiger charge is 2.00. The van der Waals surface area contributed by atoms with Crippen LogP contribution in [0.3, 0.4) is 0 Å². The van der Waals surface area contributed by atoms with Gasteiger partial charge < -0.3 is 4.74 Å². The van der Waals surface area contributed by atoms with Crippen LogP contribution < -0.4 is 4.74 Å². The van der Waals surface area contributed by atoms with Gasteiger partial charge in [0.15, 0.2) is 0 Å². The third kappa shape index (κ3) is 3.19. The molecule has 0 radical (unpaired) electrons. The fourth-order valence-electron chi connectivity index (χ4n) is 1.04. The fourth-order valence-corrected chi connectivity index (χ4v) is 2.35. The smallest absolute Gasteiger partial charge is 0.214 e. The average molecular weight is 305 g/mol. The molecule has 2 nitrogen and oxygen atoms in total. The second-order valence-electron chi connectivity index (χ2n) is 2.81. The van der Waals surface area contributed by atoms with Crippen molar-refractivity contribution in [1.82, 2.24) is 4.98 Å². The van der Waals surface area contributed by atoms with E-state index < -0.39 is 0 Å². The molecule has 0 aliphatic carbocycles. The van der Waals surface area contributed by atoms with Crippen molar-refractivity contribution < 1.29 is 4.74 Å². The van der Waals surface area contributed by atoms with Gasteiger partial charge in [-0.2, -0.15) is 0 Å². The number of aromatic nitrogens is 1. The van der Waals surface area contributed by atoms with E-state index in [-0.39, 0.29) is 0 Å². The van der Waals surface area contributed by atoms with Crippen LogP contribution >= 0.6 is 38.9 Å². The Morgan fingerprint density at radius 3 is 2.93 bits per heavy atom. The van der Waals surface area contributed by atoms with E-state index in [0.29, 0.717) is 12.5 Å². The summed E-state index contributed by atoms with van der Waals surface area (Å²) in [6, 6.07) is 7.49. The monoisotopic (exact) mass is 303 g/mol. The Bertz CT molecular complexity index is 460. The van der Waals surface area contributed by atoms with Gasteiger partial charge in [0.2, 0.25) is 5.88 Å². The summed E-state index contributed by atoms with van der Waals surface area (Å²) < 4.78 is 7.23. The molecule has 0 aliphatic rings. The van der Waals surface area contributed by atoms with Crippen molar-refractivity contribution >= 4 is 38.9 Å². The molecule has 5 heteroatoms. The molecular weight excluding hydrogens is 298 g/mol. The van der Waals surface area contributed by atoms with Gasteiger partial charge >= 0.3 is 0 Å². The number of rotatable bonds is 3. The van der Waals surface area contributed by atoms with Gasteiger partial charge in [0.1, 0.15) is 6.61 Å². The van der Waals surface area contributed by atoms with Gasteiger partial charge in [-0.3, -0.25) is 0 Å². The maximum Gasteiger partial charge on any atom is 0.214 e. The Kier molecular flexibility index (Phi) is 3.61. The Morgan fingerprint density at radius 1 is 1.40 bits per heavy atom. The number of nitrogens with zero attached hydrogens (tertiary/aromatic N) is 1. The van der Waals surface area contributed by atoms with E-state index in [2.05, 4.69) is 20.9 Å². The lowest BCUT2D eigenvalue weighted by Gasteiger charge is -2.02. The minimum atomic E-state index is 0.501. The third-order valence-electron chi connectivity index (χ3n) is 1.69. The lowest BCUT2D eigenvalue weighted by molar-refractivity contribution is 0.297. The van der Waals surface area contributed by atoms with E-state index in [9.17, 15) is 0 Å². The van der Waals surface area contributed by atoms with Crippen LogP contribution in [0.25, 0.3) is 0 Å². The number of ether oxygens (including phenoxy) is 1. The van der Waals surface area contributed by atoms with E-state index in [1.165, 1.54) is 11.3 Å². The van der Waals surface area contributed by atoms with Crippen LogP contribution in [0.5, 0.6) is 5.88 Å². The zero-order valence-electron chi connectivity index (χ0n) is 7.61. The van der Waals surface area contributed by atoms with Gasteiger partial charge in [-0.15, -0.1) is 11.3 Å². The molecule has 0 unspecified atom stereocenters. The summed E-state index contributed by atoms with van der Waals surface area (Å²) in [6.07, 6.45) is 1.70. The summed E-state index contributed by atoms with van der Waals surface area (Å²) >= 11 is 10.7. The van der Waals surface area contributed by atoms with Crippen LogP contribution in [0.2, 0.25) is 4.34 Å². The third-order valence-corrected chi connectivity index (χ3v) is 3.39. The molecule has 0 atom stereocenters. The zero-order valence-corrected chi connectivity index (χ0v) is 10.8. The summed E-state index contributed by atoms with van der Waals surface area (Å²) in [5, 5.41) is 0. The van der Waals surface area contributed by atoms with Gasteiger partial charge in [-0.25, -0.2) is 4.98 Å². The molecule has 2 heterocycles. The second kappa shape index (κ2) is 4.96. The molecule has 0 aliphatic heterocycles. The number of thiophene rings is 1. The van der Waals surface area contributed by atoms with E-state index in [1.54, 1.807) is 6.20 Å². The molecule has 2 rings (SSSR count). The van der Waals surface area contributed by atoms with Crippen LogP contribution in [0.4, 0.5) is 0 Å². The first-order valence-corrected chi connectivity index (χ1v) is 6.21. The van der Waals surface area contributed by atoms with Crippen molar-refractivity contribution in [3.8, 4) is 5.88 Å². The Balaban J connectivity index is 1.99. The molecule has 2 aromatic rings. The topological polar surface area (TPSA) is 22.1 Å². The minimum absolute atomic E-state index is 0.501. The van der Waals surface area contributed by atoms with E-state index in [1.807, 2.05) is 24.3 Å². The lowest BCUT2D eigenvalue weighted by atomic mass is 10.5. The van der Waals surface area contributed by atoms with Crippen molar-refractivity contribution in [3.05, 3.63) is 44.1 Å². The van der Waals surface area contributed by atoms with Gasteiger partial charge in [-0.05, 0) is 18.2 Å². The lowest BCUT2D eigenvalue weighted by Crippen LogP contribution is -1.94. The van der Waals surface area contributed by atoms with E-state index in [0.717, 1.165) is 13.7 Å². The van der Waals surface area contributed by atoms with Crippen LogP contribution in [0.15, 0.2) is 34.9 Å². The number of hydrogen-bond acceptors (Lipinski definition) is 3. The summed E-state index contributed by atoms with van der Waals surface area (Å²) in [4.78, 5) is 5.17. The van der Waals surface area contributed by atoms with E-state index in [4.69, 9.17) is 16.3 Å². The molecule has 0 N–H and O–H groups in total. The number of halogens is 2. The normalized spacial score (nSPS) is 10.3. The van der Waals surface area contributed by atoms with Crippen molar-refractivity contribution in [1.29, 1.82) is 0 Å². The Hall–Kier alpha value is -0.580. The summed E-state index contributed by atoms with van der Waals surface area (Å²) in [5.74, 6) is 0.605. The highest BCUT2D eigenvalue weighted by Crippen LogP contribution is 2.23. The second-order valence-corrected chi connectivity index (χ2v) is 5.52. The molecule has 0 fully saturated rings. The molecule has 78 valence electrons. The van der Waals surface area contributed by atoms with Gasteiger partial charge in [0, 0.05) is 21.6 Å². The predicted molar refractivity (Wildman–Crippen MR) is 65.6 cm³/mol. The average Bonchev–Trinajstić information content (AvgIpc) is 2.62. The number of hydrogen-bond donors (Lipinski definition) is 0. The quantitative estimate of drug-likeness (QED) is 0.850. The maximum atomic E-state index is 5.81. The van der Waals surface area contributed by atoms with Crippen molar-refractivity contribution in [2.24, 2.45) is 0 Å². The van der Waals surface area contributed by atoms with Crippen molar-refractivity contribution in [3.63, 3.8) is 0 Å². The van der Waals surface area contributed by atoms with Crippen LogP contribution in [0.1, 0.15) is 4.88 Å². The van der Waals surface area contributed by atoms with Crippen LogP contribution in [-0.4, -0.2) is 4.98 Å². The first-order valence-electron chi connectivity index (χ1n) is 4.22. The molecule has 0 amide bonds. The zero-order chi connectivity index (χ0) is 10.7. The standard InChI is InChI=1S/C10H7BrClNOS/c11-7-3-4-13-10(5-7)14-6-8-1-2-9(12)15-8/h1-5H,6H2. The Morgan fingerprint density at radius 2 is 2.27 bits per heavy atom. The van der Waals surface area contributed by atoms with Gasteiger partial charge in [0.05, 0.1) is 4.34 Å². The summed E-state index contributed by atoms with van der Waals surface area (Å²) in [7, 11) is 0. The molecule has 0 aromatic carbocycles. The van der Waals surface area contributed by atoms with Crippen LogP contribution in [-0.2, 0) is 6.61 Å².